The number of hydrogen-bond acceptors (Lipinski definition) is 3. The van der Waals surface area contributed by atoms with Gasteiger partial charge in [0.05, 0.1) is 9.86 Å². The third-order valence-corrected chi connectivity index (χ3v) is 4.81. The molecule has 5 heteroatoms. The van der Waals surface area contributed by atoms with Gasteiger partial charge in [-0.15, -0.1) is 11.3 Å². The topological polar surface area (TPSA) is 52.9 Å². The first kappa shape index (κ1) is 15.2. The highest BCUT2D eigenvalue weighted by Gasteiger charge is 2.25. The number of carbonyl (C=O) groups is 1. The normalized spacial score (nSPS) is 12.8. The number of nitriles is 1. The van der Waals surface area contributed by atoms with Crippen molar-refractivity contribution in [1.29, 1.82) is 5.26 Å². The van der Waals surface area contributed by atoms with Crippen LogP contribution in [0.2, 0.25) is 0 Å². The highest BCUT2D eigenvalue weighted by Crippen LogP contribution is 2.32. The summed E-state index contributed by atoms with van der Waals surface area (Å²) >= 11 is 5.10. The van der Waals surface area contributed by atoms with Crippen molar-refractivity contribution in [2.75, 3.05) is 6.54 Å². The van der Waals surface area contributed by atoms with Crippen LogP contribution >= 0.6 is 27.3 Å². The highest BCUT2D eigenvalue weighted by molar-refractivity contribution is 9.11. The number of halogens is 1. The van der Waals surface area contributed by atoms with Crippen molar-refractivity contribution in [2.45, 2.75) is 32.6 Å². The Morgan fingerprint density at radius 2 is 2.28 bits per heavy atom. The number of nitrogens with zero attached hydrogens (tertiary/aromatic N) is 1. The molecule has 1 aromatic heterocycles. The van der Waals surface area contributed by atoms with Gasteiger partial charge < -0.3 is 5.32 Å². The van der Waals surface area contributed by atoms with Crippen molar-refractivity contribution in [1.82, 2.24) is 5.32 Å². The van der Waals surface area contributed by atoms with Crippen molar-refractivity contribution >= 4 is 33.2 Å². The van der Waals surface area contributed by atoms with Gasteiger partial charge in [0.2, 0.25) is 5.91 Å². The standard InChI is InChI=1S/C13H17BrN2OS/c1-4-9(7-15)12(17)16-8-13(2,3)10-5-6-11(14)18-10/h5-6,9H,4,8H2,1-3H3,(H,16,17). The maximum atomic E-state index is 11.7. The molecule has 0 saturated heterocycles. The Balaban J connectivity index is 2.63. The number of rotatable bonds is 5. The molecule has 0 spiro atoms. The predicted octanol–water partition coefficient (Wildman–Crippen LogP) is 3.45. The summed E-state index contributed by atoms with van der Waals surface area (Å²) in [6.07, 6.45) is 0.549. The van der Waals surface area contributed by atoms with Crippen LogP contribution in [0.15, 0.2) is 15.9 Å². The van der Waals surface area contributed by atoms with Gasteiger partial charge in [-0.2, -0.15) is 5.26 Å². The van der Waals surface area contributed by atoms with Crippen LogP contribution in [0.4, 0.5) is 0 Å². The zero-order valence-electron chi connectivity index (χ0n) is 10.8. The third kappa shape index (κ3) is 3.82. The summed E-state index contributed by atoms with van der Waals surface area (Å²) in [5, 5.41) is 11.7. The molecule has 0 aliphatic rings. The molecule has 0 saturated carbocycles. The molecule has 0 aliphatic carbocycles. The fourth-order valence-electron chi connectivity index (χ4n) is 1.53. The van der Waals surface area contributed by atoms with Crippen molar-refractivity contribution in [3.05, 3.63) is 20.8 Å². The molecule has 0 aliphatic heterocycles. The molecule has 1 amide bonds. The lowest BCUT2D eigenvalue weighted by Gasteiger charge is -2.24. The number of thiophene rings is 1. The molecular weight excluding hydrogens is 312 g/mol. The van der Waals surface area contributed by atoms with Gasteiger partial charge in [-0.1, -0.05) is 20.8 Å². The molecule has 1 N–H and O–H groups in total. The first-order valence-electron chi connectivity index (χ1n) is 5.84. The van der Waals surface area contributed by atoms with Gasteiger partial charge in [-0.25, -0.2) is 0 Å². The first-order valence-corrected chi connectivity index (χ1v) is 7.44. The summed E-state index contributed by atoms with van der Waals surface area (Å²) in [4.78, 5) is 13.0. The first-order chi connectivity index (χ1) is 8.40. The maximum Gasteiger partial charge on any atom is 0.237 e. The molecule has 1 heterocycles. The SMILES string of the molecule is CCC(C#N)C(=O)NCC(C)(C)c1ccc(Br)s1. The van der Waals surface area contributed by atoms with E-state index in [9.17, 15) is 4.79 Å². The predicted molar refractivity (Wildman–Crippen MR) is 77.4 cm³/mol. The Morgan fingerprint density at radius 1 is 1.61 bits per heavy atom. The van der Waals surface area contributed by atoms with Crippen LogP contribution in [0, 0.1) is 17.2 Å². The smallest absolute Gasteiger partial charge is 0.237 e. The fraction of sp³-hybridized carbons (Fsp3) is 0.538. The Hall–Kier alpha value is -0.860. The molecule has 1 aromatic rings. The van der Waals surface area contributed by atoms with E-state index in [-0.39, 0.29) is 11.3 Å². The third-order valence-electron chi connectivity index (χ3n) is 2.83. The van der Waals surface area contributed by atoms with E-state index in [1.807, 2.05) is 19.1 Å². The monoisotopic (exact) mass is 328 g/mol. The zero-order chi connectivity index (χ0) is 13.8. The van der Waals surface area contributed by atoms with Gasteiger partial charge in [-0.05, 0) is 34.5 Å². The van der Waals surface area contributed by atoms with Crippen LogP contribution in [0.1, 0.15) is 32.1 Å². The second kappa shape index (κ2) is 6.35. The van der Waals surface area contributed by atoms with E-state index >= 15 is 0 Å². The van der Waals surface area contributed by atoms with Crippen LogP contribution in [-0.2, 0) is 10.2 Å². The summed E-state index contributed by atoms with van der Waals surface area (Å²) in [5.41, 5.74) is -0.125. The van der Waals surface area contributed by atoms with E-state index in [0.29, 0.717) is 13.0 Å². The van der Waals surface area contributed by atoms with Crippen molar-refractivity contribution < 1.29 is 4.79 Å². The Bertz CT molecular complexity index is 462. The van der Waals surface area contributed by atoms with Crippen LogP contribution in [0.5, 0.6) is 0 Å². The molecule has 0 aromatic carbocycles. The molecule has 0 bridgehead atoms. The number of nitrogens with one attached hydrogen (secondary N) is 1. The minimum Gasteiger partial charge on any atom is -0.354 e. The molecule has 98 valence electrons. The summed E-state index contributed by atoms with van der Waals surface area (Å²) < 4.78 is 1.08. The van der Waals surface area contributed by atoms with Gasteiger partial charge >= 0.3 is 0 Å². The van der Waals surface area contributed by atoms with Gasteiger partial charge in [-0.3, -0.25) is 4.79 Å². The molecule has 18 heavy (non-hydrogen) atoms. The number of amides is 1. The molecule has 3 nitrogen and oxygen atoms in total. The summed E-state index contributed by atoms with van der Waals surface area (Å²) in [5.74, 6) is -0.723. The average Bonchev–Trinajstić information content (AvgIpc) is 2.76. The average molecular weight is 329 g/mol. The molecule has 1 rings (SSSR count). The largest absolute Gasteiger partial charge is 0.354 e. The van der Waals surface area contributed by atoms with Gasteiger partial charge in [0, 0.05) is 16.8 Å². The van der Waals surface area contributed by atoms with Crippen molar-refractivity contribution in [3.63, 3.8) is 0 Å². The van der Waals surface area contributed by atoms with Crippen molar-refractivity contribution in [3.8, 4) is 6.07 Å². The quantitative estimate of drug-likeness (QED) is 0.899. The van der Waals surface area contributed by atoms with E-state index in [1.54, 1.807) is 11.3 Å². The molecule has 1 atom stereocenters. The Kier molecular flexibility index (Phi) is 5.36. The summed E-state index contributed by atoms with van der Waals surface area (Å²) in [6.45, 7) is 6.55. The van der Waals surface area contributed by atoms with E-state index in [0.717, 1.165) is 3.79 Å². The second-order valence-electron chi connectivity index (χ2n) is 4.80. The summed E-state index contributed by atoms with van der Waals surface area (Å²) in [7, 11) is 0. The lowest BCUT2D eigenvalue weighted by atomic mass is 9.91. The summed E-state index contributed by atoms with van der Waals surface area (Å²) in [6, 6.07) is 6.08. The maximum absolute atomic E-state index is 11.7. The van der Waals surface area contributed by atoms with Crippen LogP contribution < -0.4 is 5.32 Å². The van der Waals surface area contributed by atoms with Gasteiger partial charge in [0.1, 0.15) is 5.92 Å². The van der Waals surface area contributed by atoms with Crippen LogP contribution in [0.25, 0.3) is 0 Å². The second-order valence-corrected chi connectivity index (χ2v) is 7.26. The van der Waals surface area contributed by atoms with Crippen LogP contribution in [-0.4, -0.2) is 12.5 Å². The Labute approximate surface area is 120 Å². The van der Waals surface area contributed by atoms with E-state index < -0.39 is 5.92 Å². The highest BCUT2D eigenvalue weighted by atomic mass is 79.9. The molecule has 0 radical (unpaired) electrons. The fourth-order valence-corrected chi connectivity index (χ4v) is 3.02. The Morgan fingerprint density at radius 3 is 2.72 bits per heavy atom. The molecule has 1 unspecified atom stereocenters. The zero-order valence-corrected chi connectivity index (χ0v) is 13.2. The lowest BCUT2D eigenvalue weighted by Crippen LogP contribution is -2.38. The van der Waals surface area contributed by atoms with E-state index in [2.05, 4.69) is 41.2 Å². The minimum atomic E-state index is -0.545. The lowest BCUT2D eigenvalue weighted by molar-refractivity contribution is -0.123. The van der Waals surface area contributed by atoms with Crippen LogP contribution in [0.3, 0.4) is 0 Å². The minimum absolute atomic E-state index is 0.125. The molecular formula is C13H17BrN2OS. The molecule has 0 fully saturated rings. The number of carbonyl (C=O) groups excluding carboxylic acids is 1. The number of hydrogen-bond donors (Lipinski definition) is 1. The van der Waals surface area contributed by atoms with E-state index in [1.165, 1.54) is 4.88 Å². The van der Waals surface area contributed by atoms with E-state index in [4.69, 9.17) is 5.26 Å². The van der Waals surface area contributed by atoms with Gasteiger partial charge in [0.15, 0.2) is 0 Å². The van der Waals surface area contributed by atoms with Crippen molar-refractivity contribution in [2.24, 2.45) is 5.92 Å². The van der Waals surface area contributed by atoms with Gasteiger partial charge in [0.25, 0.3) is 0 Å².